The zero-order valence-corrected chi connectivity index (χ0v) is 17.4. The topological polar surface area (TPSA) is 69.0 Å². The standard InChI is InChI=1S/C22H24N4O2S/c1-15-11-23-26(12-18-6-7-18)22(15)25-21(27)9-8-17-4-3-5-20(10-17)28-13-19-14-29-16(2)24-19/h3-5,8-11,14,18H,6-7,12-13H2,1-2H3,(H,25,27)/b9-8+. The number of aryl methyl sites for hydroxylation is 2. The van der Waals surface area contributed by atoms with Crippen LogP contribution in [0.4, 0.5) is 5.82 Å². The van der Waals surface area contributed by atoms with Crippen molar-refractivity contribution in [2.24, 2.45) is 5.92 Å². The Morgan fingerprint density at radius 2 is 2.24 bits per heavy atom. The van der Waals surface area contributed by atoms with Crippen LogP contribution in [-0.4, -0.2) is 20.7 Å². The van der Waals surface area contributed by atoms with Gasteiger partial charge >= 0.3 is 0 Å². The zero-order chi connectivity index (χ0) is 20.2. The molecule has 2 aromatic heterocycles. The normalized spacial score (nSPS) is 13.7. The SMILES string of the molecule is Cc1nc(COc2cccc(/C=C/C(=O)Nc3c(C)cnn3CC3CC3)c2)cs1. The van der Waals surface area contributed by atoms with E-state index < -0.39 is 0 Å². The average Bonchev–Trinajstić information content (AvgIpc) is 3.35. The van der Waals surface area contributed by atoms with Gasteiger partial charge in [0, 0.05) is 23.6 Å². The zero-order valence-electron chi connectivity index (χ0n) is 16.6. The summed E-state index contributed by atoms with van der Waals surface area (Å²) in [5.74, 6) is 2.05. The summed E-state index contributed by atoms with van der Waals surface area (Å²) in [7, 11) is 0. The van der Waals surface area contributed by atoms with Gasteiger partial charge in [-0.3, -0.25) is 4.79 Å². The minimum atomic E-state index is -0.171. The van der Waals surface area contributed by atoms with Crippen LogP contribution >= 0.6 is 11.3 Å². The monoisotopic (exact) mass is 408 g/mol. The fraction of sp³-hybridized carbons (Fsp3) is 0.318. The van der Waals surface area contributed by atoms with Crippen molar-refractivity contribution >= 4 is 29.1 Å². The third-order valence-electron chi connectivity index (χ3n) is 4.73. The molecule has 3 aromatic rings. The van der Waals surface area contributed by atoms with Crippen molar-refractivity contribution < 1.29 is 9.53 Å². The molecule has 150 valence electrons. The molecule has 1 aliphatic rings. The first-order valence-corrected chi connectivity index (χ1v) is 10.6. The second-order valence-corrected chi connectivity index (χ2v) is 8.41. The van der Waals surface area contributed by atoms with E-state index in [-0.39, 0.29) is 5.91 Å². The number of hydrogen-bond donors (Lipinski definition) is 1. The van der Waals surface area contributed by atoms with E-state index in [0.29, 0.717) is 12.5 Å². The van der Waals surface area contributed by atoms with Crippen molar-refractivity contribution in [1.82, 2.24) is 14.8 Å². The number of hydrogen-bond acceptors (Lipinski definition) is 5. The number of thiazole rings is 1. The molecule has 0 atom stereocenters. The third kappa shape index (κ3) is 5.32. The molecule has 1 N–H and O–H groups in total. The van der Waals surface area contributed by atoms with Gasteiger partial charge in [-0.05, 0) is 56.4 Å². The molecule has 7 heteroatoms. The lowest BCUT2D eigenvalue weighted by Crippen LogP contribution is -2.14. The highest BCUT2D eigenvalue weighted by atomic mass is 32.1. The van der Waals surface area contributed by atoms with Gasteiger partial charge in [0.1, 0.15) is 18.2 Å². The van der Waals surface area contributed by atoms with Crippen LogP contribution in [0.5, 0.6) is 5.75 Å². The maximum Gasteiger partial charge on any atom is 0.249 e. The summed E-state index contributed by atoms with van der Waals surface area (Å²) >= 11 is 1.61. The minimum Gasteiger partial charge on any atom is -0.487 e. The van der Waals surface area contributed by atoms with E-state index in [2.05, 4.69) is 15.4 Å². The van der Waals surface area contributed by atoms with Crippen LogP contribution in [-0.2, 0) is 17.9 Å². The first kappa shape index (κ1) is 19.4. The number of rotatable bonds is 8. The van der Waals surface area contributed by atoms with Gasteiger partial charge in [0.25, 0.3) is 0 Å². The lowest BCUT2D eigenvalue weighted by molar-refractivity contribution is -0.111. The number of anilines is 1. The van der Waals surface area contributed by atoms with Crippen LogP contribution in [0.2, 0.25) is 0 Å². The van der Waals surface area contributed by atoms with E-state index in [0.717, 1.165) is 39.9 Å². The molecule has 0 saturated heterocycles. The van der Waals surface area contributed by atoms with Crippen molar-refractivity contribution in [3.63, 3.8) is 0 Å². The highest BCUT2D eigenvalue weighted by Gasteiger charge is 2.23. The number of aromatic nitrogens is 3. The van der Waals surface area contributed by atoms with Crippen LogP contribution in [0, 0.1) is 19.8 Å². The first-order valence-electron chi connectivity index (χ1n) is 9.72. The first-order chi connectivity index (χ1) is 14.1. The van der Waals surface area contributed by atoms with Gasteiger partial charge < -0.3 is 10.1 Å². The maximum absolute atomic E-state index is 12.4. The van der Waals surface area contributed by atoms with Crippen LogP contribution in [0.25, 0.3) is 6.08 Å². The molecule has 0 unspecified atom stereocenters. The number of nitrogens with one attached hydrogen (secondary N) is 1. The highest BCUT2D eigenvalue weighted by Crippen LogP contribution is 2.31. The lowest BCUT2D eigenvalue weighted by atomic mass is 10.2. The molecule has 4 rings (SSSR count). The van der Waals surface area contributed by atoms with E-state index in [4.69, 9.17) is 4.74 Å². The number of nitrogens with zero attached hydrogens (tertiary/aromatic N) is 3. The van der Waals surface area contributed by atoms with Gasteiger partial charge in [-0.2, -0.15) is 5.10 Å². The molecular formula is C22H24N4O2S. The quantitative estimate of drug-likeness (QED) is 0.553. The van der Waals surface area contributed by atoms with Gasteiger partial charge in [-0.15, -0.1) is 11.3 Å². The third-order valence-corrected chi connectivity index (χ3v) is 5.55. The second kappa shape index (κ2) is 8.61. The number of ether oxygens (including phenoxy) is 1. The van der Waals surface area contributed by atoms with Crippen molar-refractivity contribution in [3.8, 4) is 5.75 Å². The summed E-state index contributed by atoms with van der Waals surface area (Å²) in [5.41, 5.74) is 2.79. The Morgan fingerprint density at radius 1 is 1.38 bits per heavy atom. The van der Waals surface area contributed by atoms with Crippen LogP contribution in [0.1, 0.15) is 34.7 Å². The number of carbonyl (C=O) groups is 1. The van der Waals surface area contributed by atoms with Gasteiger partial charge in [0.05, 0.1) is 16.9 Å². The van der Waals surface area contributed by atoms with E-state index in [1.807, 2.05) is 48.2 Å². The van der Waals surface area contributed by atoms with E-state index >= 15 is 0 Å². The number of carbonyl (C=O) groups excluding carboxylic acids is 1. The predicted molar refractivity (Wildman–Crippen MR) is 115 cm³/mol. The molecule has 1 aromatic carbocycles. The molecule has 0 aliphatic heterocycles. The largest absolute Gasteiger partial charge is 0.487 e. The molecule has 1 saturated carbocycles. The van der Waals surface area contributed by atoms with Gasteiger partial charge in [0.15, 0.2) is 0 Å². The molecular weight excluding hydrogens is 384 g/mol. The predicted octanol–water partition coefficient (Wildman–Crippen LogP) is 4.60. The number of amides is 1. The van der Waals surface area contributed by atoms with Crippen LogP contribution in [0.3, 0.4) is 0 Å². The van der Waals surface area contributed by atoms with Gasteiger partial charge in [0.2, 0.25) is 5.91 Å². The van der Waals surface area contributed by atoms with E-state index in [1.165, 1.54) is 18.9 Å². The van der Waals surface area contributed by atoms with Crippen molar-refractivity contribution in [3.05, 3.63) is 63.7 Å². The molecule has 29 heavy (non-hydrogen) atoms. The van der Waals surface area contributed by atoms with Crippen molar-refractivity contribution in [2.45, 2.75) is 39.8 Å². The van der Waals surface area contributed by atoms with Crippen LogP contribution < -0.4 is 10.1 Å². The van der Waals surface area contributed by atoms with Gasteiger partial charge in [-0.1, -0.05) is 12.1 Å². The molecule has 2 heterocycles. The molecule has 0 radical (unpaired) electrons. The van der Waals surface area contributed by atoms with Crippen LogP contribution in [0.15, 0.2) is 41.9 Å². The summed E-state index contributed by atoms with van der Waals surface area (Å²) < 4.78 is 7.71. The van der Waals surface area contributed by atoms with Gasteiger partial charge in [-0.25, -0.2) is 9.67 Å². The summed E-state index contributed by atoms with van der Waals surface area (Å²) in [5, 5.41) is 10.4. The Kier molecular flexibility index (Phi) is 5.76. The lowest BCUT2D eigenvalue weighted by Gasteiger charge is -2.08. The Balaban J connectivity index is 1.36. The fourth-order valence-corrected chi connectivity index (χ4v) is 3.59. The molecule has 0 spiro atoms. The smallest absolute Gasteiger partial charge is 0.249 e. The van der Waals surface area contributed by atoms with Crippen molar-refractivity contribution in [1.29, 1.82) is 0 Å². The summed E-state index contributed by atoms with van der Waals surface area (Å²) in [6, 6.07) is 7.66. The second-order valence-electron chi connectivity index (χ2n) is 7.34. The number of benzene rings is 1. The van der Waals surface area contributed by atoms with Crippen molar-refractivity contribution in [2.75, 3.05) is 5.32 Å². The minimum absolute atomic E-state index is 0.171. The summed E-state index contributed by atoms with van der Waals surface area (Å²) in [6.07, 6.45) is 7.61. The molecule has 6 nitrogen and oxygen atoms in total. The van der Waals surface area contributed by atoms with E-state index in [9.17, 15) is 4.79 Å². The Labute approximate surface area is 174 Å². The molecule has 0 bridgehead atoms. The molecule has 1 aliphatic carbocycles. The molecule has 1 fully saturated rings. The average molecular weight is 409 g/mol. The Bertz CT molecular complexity index is 1030. The molecule has 1 amide bonds. The Morgan fingerprint density at radius 3 is 3.00 bits per heavy atom. The highest BCUT2D eigenvalue weighted by molar-refractivity contribution is 7.09. The van der Waals surface area contributed by atoms with E-state index in [1.54, 1.807) is 23.6 Å². The summed E-state index contributed by atoms with van der Waals surface area (Å²) in [6.45, 7) is 5.23. The maximum atomic E-state index is 12.4. The summed E-state index contributed by atoms with van der Waals surface area (Å²) in [4.78, 5) is 16.8. The Hall–Kier alpha value is -2.93. The fourth-order valence-electron chi connectivity index (χ4n) is 3.00.